The normalized spacial score (nSPS) is 10.1. The summed E-state index contributed by atoms with van der Waals surface area (Å²) in [5, 5.41) is 6.28. The van der Waals surface area contributed by atoms with Crippen molar-refractivity contribution in [2.75, 3.05) is 18.4 Å². The Kier molecular flexibility index (Phi) is 6.19. The van der Waals surface area contributed by atoms with E-state index in [0.29, 0.717) is 17.3 Å². The van der Waals surface area contributed by atoms with Crippen LogP contribution in [0.25, 0.3) is 0 Å². The number of halogens is 3. The lowest BCUT2D eigenvalue weighted by atomic mass is 10.3. The summed E-state index contributed by atoms with van der Waals surface area (Å²) >= 11 is 12.6. The smallest absolute Gasteiger partial charge is 0.238 e. The average Bonchev–Trinajstić information content (AvgIpc) is 2.24. The van der Waals surface area contributed by atoms with Crippen LogP contribution < -0.4 is 10.6 Å². The highest BCUT2D eigenvalue weighted by Gasteiger charge is 2.10. The third-order valence-corrected chi connectivity index (χ3v) is 3.31. The van der Waals surface area contributed by atoms with Crippen molar-refractivity contribution in [1.82, 2.24) is 5.32 Å². The summed E-state index contributed by atoms with van der Waals surface area (Å²) in [6, 6.07) is 3.44. The number of anilines is 1. The molecule has 2 N–H and O–H groups in total. The second-order valence-electron chi connectivity index (χ2n) is 3.21. The Morgan fingerprint density at radius 2 is 2.00 bits per heavy atom. The van der Waals surface area contributed by atoms with Crippen LogP contribution in [0.5, 0.6) is 0 Å². The van der Waals surface area contributed by atoms with Crippen molar-refractivity contribution < 1.29 is 4.79 Å². The van der Waals surface area contributed by atoms with Crippen LogP contribution in [0.4, 0.5) is 5.69 Å². The van der Waals surface area contributed by atoms with E-state index in [1.54, 1.807) is 18.2 Å². The molecule has 17 heavy (non-hydrogen) atoms. The van der Waals surface area contributed by atoms with Gasteiger partial charge in [-0.1, -0.05) is 17.7 Å². The van der Waals surface area contributed by atoms with E-state index < -0.39 is 0 Å². The lowest BCUT2D eigenvalue weighted by Crippen LogP contribution is -2.28. The molecule has 0 aliphatic carbocycles. The minimum absolute atomic E-state index is 0.129. The minimum atomic E-state index is -0.129. The van der Waals surface area contributed by atoms with Crippen molar-refractivity contribution >= 4 is 55.1 Å². The van der Waals surface area contributed by atoms with Crippen LogP contribution in [-0.2, 0) is 4.79 Å². The number of amides is 1. The zero-order valence-electron chi connectivity index (χ0n) is 8.90. The fourth-order valence-electron chi connectivity index (χ4n) is 1.13. The van der Waals surface area contributed by atoms with E-state index in [2.05, 4.69) is 49.1 Å². The van der Waals surface area contributed by atoms with Crippen LogP contribution in [0, 0.1) is 0 Å². The van der Waals surface area contributed by atoms with Gasteiger partial charge < -0.3 is 10.6 Å². The molecular formula is C11H11Br2ClN2O. The van der Waals surface area contributed by atoms with Crippen molar-refractivity contribution in [2.45, 2.75) is 0 Å². The summed E-state index contributed by atoms with van der Waals surface area (Å²) in [5.41, 5.74) is 0.666. The highest BCUT2D eigenvalue weighted by atomic mass is 79.9. The summed E-state index contributed by atoms with van der Waals surface area (Å²) < 4.78 is 1.46. The first kappa shape index (κ1) is 14.7. The fourth-order valence-corrected chi connectivity index (χ4v) is 3.00. The highest BCUT2D eigenvalue weighted by Crippen LogP contribution is 2.34. The zero-order valence-corrected chi connectivity index (χ0v) is 12.8. The number of hydrogen-bond donors (Lipinski definition) is 2. The highest BCUT2D eigenvalue weighted by molar-refractivity contribution is 9.11. The van der Waals surface area contributed by atoms with E-state index in [-0.39, 0.29) is 12.5 Å². The van der Waals surface area contributed by atoms with Gasteiger partial charge in [-0.05, 0) is 44.0 Å². The first-order valence-corrected chi connectivity index (χ1v) is 6.77. The monoisotopic (exact) mass is 380 g/mol. The molecule has 1 amide bonds. The summed E-state index contributed by atoms with van der Waals surface area (Å²) in [6.45, 7) is 4.38. The van der Waals surface area contributed by atoms with Crippen LogP contribution in [-0.4, -0.2) is 19.0 Å². The molecule has 6 heteroatoms. The summed E-state index contributed by atoms with van der Waals surface area (Å²) in [4.78, 5) is 11.6. The molecule has 0 aromatic heterocycles. The number of carbonyl (C=O) groups excluding carboxylic acids is 1. The second kappa shape index (κ2) is 7.16. The lowest BCUT2D eigenvalue weighted by Gasteiger charge is -2.10. The number of rotatable bonds is 5. The Balaban J connectivity index is 2.68. The lowest BCUT2D eigenvalue weighted by molar-refractivity contribution is -0.115. The maximum absolute atomic E-state index is 11.6. The standard InChI is InChI=1S/C11H11Br2ClN2O/c1-2-3-15-6-10(17)16-11-8(12)4-7(14)5-9(11)13/h2,4-5,15H,1,3,6H2,(H,16,17). The molecular weight excluding hydrogens is 371 g/mol. The molecule has 0 bridgehead atoms. The predicted molar refractivity (Wildman–Crippen MR) is 78.5 cm³/mol. The molecule has 0 saturated carbocycles. The average molecular weight is 382 g/mol. The largest absolute Gasteiger partial charge is 0.323 e. The van der Waals surface area contributed by atoms with Crippen LogP contribution in [0.1, 0.15) is 0 Å². The Morgan fingerprint density at radius 3 is 2.53 bits per heavy atom. The topological polar surface area (TPSA) is 41.1 Å². The molecule has 0 spiro atoms. The Labute approximate surface area is 122 Å². The van der Waals surface area contributed by atoms with Crippen LogP contribution in [0.2, 0.25) is 5.02 Å². The van der Waals surface area contributed by atoms with Gasteiger partial charge >= 0.3 is 0 Å². The van der Waals surface area contributed by atoms with Gasteiger partial charge in [0.25, 0.3) is 0 Å². The molecule has 0 saturated heterocycles. The van der Waals surface area contributed by atoms with E-state index >= 15 is 0 Å². The third-order valence-electron chi connectivity index (χ3n) is 1.85. The molecule has 0 aliphatic heterocycles. The summed E-state index contributed by atoms with van der Waals surface area (Å²) in [6.07, 6.45) is 1.70. The first-order chi connectivity index (χ1) is 8.04. The number of carbonyl (C=O) groups is 1. The van der Waals surface area contributed by atoms with Gasteiger partial charge in [-0.3, -0.25) is 4.79 Å². The molecule has 3 nitrogen and oxygen atoms in total. The van der Waals surface area contributed by atoms with Crippen LogP contribution >= 0.6 is 43.5 Å². The zero-order chi connectivity index (χ0) is 12.8. The fraction of sp³-hybridized carbons (Fsp3) is 0.182. The second-order valence-corrected chi connectivity index (χ2v) is 5.36. The van der Waals surface area contributed by atoms with Gasteiger partial charge in [-0.15, -0.1) is 6.58 Å². The Hall–Kier alpha value is -0.360. The van der Waals surface area contributed by atoms with Gasteiger partial charge in [0, 0.05) is 20.5 Å². The molecule has 1 rings (SSSR count). The molecule has 0 radical (unpaired) electrons. The first-order valence-electron chi connectivity index (χ1n) is 4.80. The van der Waals surface area contributed by atoms with Gasteiger partial charge in [0.05, 0.1) is 12.2 Å². The van der Waals surface area contributed by atoms with Gasteiger partial charge in [-0.25, -0.2) is 0 Å². The Morgan fingerprint density at radius 1 is 1.41 bits per heavy atom. The third kappa shape index (κ3) is 4.79. The summed E-state index contributed by atoms with van der Waals surface area (Å²) in [5.74, 6) is -0.129. The quantitative estimate of drug-likeness (QED) is 0.604. The van der Waals surface area contributed by atoms with Crippen LogP contribution in [0.3, 0.4) is 0 Å². The van der Waals surface area contributed by atoms with Gasteiger partial charge in [0.1, 0.15) is 0 Å². The van der Waals surface area contributed by atoms with Crippen molar-refractivity contribution in [3.8, 4) is 0 Å². The van der Waals surface area contributed by atoms with Crippen molar-refractivity contribution in [3.63, 3.8) is 0 Å². The predicted octanol–water partition coefficient (Wildman–Crippen LogP) is 3.58. The molecule has 1 aromatic carbocycles. The van der Waals surface area contributed by atoms with E-state index in [1.807, 2.05) is 0 Å². The maximum Gasteiger partial charge on any atom is 0.238 e. The molecule has 0 atom stereocenters. The van der Waals surface area contributed by atoms with Crippen LogP contribution in [0.15, 0.2) is 33.7 Å². The molecule has 0 heterocycles. The van der Waals surface area contributed by atoms with E-state index in [0.717, 1.165) is 8.95 Å². The van der Waals surface area contributed by atoms with Crippen molar-refractivity contribution in [3.05, 3.63) is 38.8 Å². The van der Waals surface area contributed by atoms with Gasteiger partial charge in [-0.2, -0.15) is 0 Å². The van der Waals surface area contributed by atoms with Crippen molar-refractivity contribution in [2.24, 2.45) is 0 Å². The summed E-state index contributed by atoms with van der Waals surface area (Å²) in [7, 11) is 0. The molecule has 0 fully saturated rings. The molecule has 92 valence electrons. The van der Waals surface area contributed by atoms with Gasteiger partial charge in [0.15, 0.2) is 0 Å². The molecule has 1 aromatic rings. The minimum Gasteiger partial charge on any atom is -0.323 e. The van der Waals surface area contributed by atoms with E-state index in [4.69, 9.17) is 11.6 Å². The SMILES string of the molecule is C=CCNCC(=O)Nc1c(Br)cc(Cl)cc1Br. The Bertz CT molecular complexity index is 414. The van der Waals surface area contributed by atoms with Crippen molar-refractivity contribution in [1.29, 1.82) is 0 Å². The van der Waals surface area contributed by atoms with E-state index in [9.17, 15) is 4.79 Å². The number of benzene rings is 1. The molecule has 0 unspecified atom stereocenters. The molecule has 0 aliphatic rings. The van der Waals surface area contributed by atoms with E-state index in [1.165, 1.54) is 0 Å². The number of nitrogens with one attached hydrogen (secondary N) is 2. The number of hydrogen-bond acceptors (Lipinski definition) is 2. The van der Waals surface area contributed by atoms with Gasteiger partial charge in [0.2, 0.25) is 5.91 Å². The maximum atomic E-state index is 11.6.